The van der Waals surface area contributed by atoms with Crippen LogP contribution in [0.4, 0.5) is 0 Å². The summed E-state index contributed by atoms with van der Waals surface area (Å²) in [5.41, 5.74) is 20.4. The first-order valence-electron chi connectivity index (χ1n) is 22.4. The van der Waals surface area contributed by atoms with Crippen molar-refractivity contribution >= 4 is 0 Å². The monoisotopic (exact) mass is 839 g/mol. The van der Waals surface area contributed by atoms with Gasteiger partial charge >= 0.3 is 0 Å². The molecule has 0 saturated heterocycles. The van der Waals surface area contributed by atoms with Crippen LogP contribution in [0.2, 0.25) is 0 Å². The largest absolute Gasteiger partial charge is 0.296 e. The van der Waals surface area contributed by atoms with Gasteiger partial charge in [-0.25, -0.2) is 4.98 Å². The molecule has 0 spiro atoms. The molecule has 0 atom stereocenters. The summed E-state index contributed by atoms with van der Waals surface area (Å²) in [4.78, 5) is 19.2. The maximum absolute atomic E-state index is 5.36. The Morgan fingerprint density at radius 3 is 1.32 bits per heavy atom. The van der Waals surface area contributed by atoms with Gasteiger partial charge in [0.25, 0.3) is 0 Å². The van der Waals surface area contributed by atoms with E-state index in [0.29, 0.717) is 0 Å². The van der Waals surface area contributed by atoms with E-state index in [0.717, 1.165) is 99.0 Å². The van der Waals surface area contributed by atoms with Gasteiger partial charge in [0, 0.05) is 52.1 Å². The molecule has 0 aliphatic heterocycles. The Kier molecular flexibility index (Phi) is 11.8. The highest BCUT2D eigenvalue weighted by molar-refractivity contribution is 5.82. The van der Waals surface area contributed by atoms with Gasteiger partial charge in [0.15, 0.2) is 0 Å². The zero-order valence-electron chi connectivity index (χ0n) is 36.8. The molecule has 5 nitrogen and oxygen atoms in total. The van der Waals surface area contributed by atoms with Crippen LogP contribution in [0, 0.1) is 13.8 Å². The van der Waals surface area contributed by atoms with Gasteiger partial charge in [-0.15, -0.1) is 0 Å². The SMILES string of the molecule is Cc1nc(-c2cc(CCc3ccc(-c4ccccn4)cc3)cc(CCc3ccc(-c4ccccn4)cc3)c2)n(-c2ccc(-c3ccccn3)cc2-c2ccc(-c3ccccc3)cc2)c1C. The molecule has 65 heavy (non-hydrogen) atoms. The first kappa shape index (κ1) is 41.0. The lowest BCUT2D eigenvalue weighted by Crippen LogP contribution is -2.04. The van der Waals surface area contributed by atoms with Crippen LogP contribution in [0.15, 0.2) is 213 Å². The molecule has 10 rings (SSSR count). The van der Waals surface area contributed by atoms with Gasteiger partial charge in [-0.3, -0.25) is 19.5 Å². The van der Waals surface area contributed by atoms with Crippen molar-refractivity contribution < 1.29 is 0 Å². The Hall–Kier alpha value is -8.02. The first-order chi connectivity index (χ1) is 32.0. The summed E-state index contributed by atoms with van der Waals surface area (Å²) in [7, 11) is 0. The number of imidazole rings is 1. The summed E-state index contributed by atoms with van der Waals surface area (Å²) in [5.74, 6) is 0.940. The number of aryl methyl sites for hydroxylation is 5. The molecule has 6 aromatic carbocycles. The third-order valence-electron chi connectivity index (χ3n) is 12.4. The van der Waals surface area contributed by atoms with Crippen LogP contribution < -0.4 is 0 Å². The highest BCUT2D eigenvalue weighted by Gasteiger charge is 2.20. The van der Waals surface area contributed by atoms with Gasteiger partial charge in [0.05, 0.1) is 28.5 Å². The molecule has 0 aliphatic rings. The minimum absolute atomic E-state index is 0.902. The molecular weight excluding hydrogens is 791 g/mol. The van der Waals surface area contributed by atoms with Crippen molar-refractivity contribution in [2.24, 2.45) is 0 Å². The second kappa shape index (κ2) is 18.8. The molecule has 4 aromatic heterocycles. The lowest BCUT2D eigenvalue weighted by atomic mass is 9.95. The number of hydrogen-bond acceptors (Lipinski definition) is 4. The Morgan fingerprint density at radius 2 is 0.800 bits per heavy atom. The topological polar surface area (TPSA) is 56.5 Å². The lowest BCUT2D eigenvalue weighted by Gasteiger charge is -2.18. The number of rotatable bonds is 13. The highest BCUT2D eigenvalue weighted by atomic mass is 15.1. The Morgan fingerprint density at radius 1 is 0.354 bits per heavy atom. The molecule has 0 bridgehead atoms. The van der Waals surface area contributed by atoms with Crippen LogP contribution in [-0.4, -0.2) is 24.5 Å². The van der Waals surface area contributed by atoms with E-state index in [4.69, 9.17) is 9.97 Å². The number of nitrogens with zero attached hydrogens (tertiary/aromatic N) is 5. The number of aromatic nitrogens is 5. The van der Waals surface area contributed by atoms with Crippen LogP contribution in [-0.2, 0) is 25.7 Å². The zero-order chi connectivity index (χ0) is 44.0. The minimum atomic E-state index is 0.902. The standard InChI is InChI=1S/C60H49N5/c1-42-43(2)65(59-34-33-53(58-16-8-11-37-63-58)41-55(59)50-31-29-49(30-32-50)48-12-4-3-5-13-48)60(64-42)54-39-46(19-17-44-21-25-51(26-22-44)56-14-6-9-35-61-56)38-47(40-54)20-18-45-23-27-52(28-24-45)57-15-7-10-36-62-57/h3-16,21-41H,17-20H2,1-2H3. The van der Waals surface area contributed by atoms with Crippen LogP contribution in [0.5, 0.6) is 0 Å². The summed E-state index contributed by atoms with van der Waals surface area (Å²) in [6, 6.07) is 69.3. The second-order valence-corrected chi connectivity index (χ2v) is 16.7. The molecule has 0 N–H and O–H groups in total. The van der Waals surface area contributed by atoms with E-state index in [1.807, 2.05) is 55.0 Å². The summed E-state index contributed by atoms with van der Waals surface area (Å²) < 4.78 is 2.37. The third kappa shape index (κ3) is 9.22. The van der Waals surface area contributed by atoms with E-state index in [2.05, 4.69) is 186 Å². The summed E-state index contributed by atoms with van der Waals surface area (Å²) >= 11 is 0. The molecule has 0 radical (unpaired) electrons. The molecule has 0 aliphatic carbocycles. The number of benzene rings is 6. The Labute approximate surface area is 381 Å². The molecule has 314 valence electrons. The summed E-state index contributed by atoms with van der Waals surface area (Å²) in [5, 5.41) is 0. The van der Waals surface area contributed by atoms with Gasteiger partial charge in [-0.1, -0.05) is 133 Å². The predicted octanol–water partition coefficient (Wildman–Crippen LogP) is 14.2. The summed E-state index contributed by atoms with van der Waals surface area (Å²) in [6.07, 6.45) is 9.20. The quantitative estimate of drug-likeness (QED) is 0.116. The average molecular weight is 840 g/mol. The fourth-order valence-corrected chi connectivity index (χ4v) is 8.74. The maximum atomic E-state index is 5.36. The van der Waals surface area contributed by atoms with E-state index in [9.17, 15) is 0 Å². The van der Waals surface area contributed by atoms with E-state index >= 15 is 0 Å². The molecule has 0 saturated carbocycles. The zero-order valence-corrected chi connectivity index (χ0v) is 36.8. The molecule has 0 fully saturated rings. The van der Waals surface area contributed by atoms with Crippen LogP contribution in [0.25, 0.3) is 73.1 Å². The molecule has 4 heterocycles. The second-order valence-electron chi connectivity index (χ2n) is 16.7. The Balaban J connectivity index is 1.03. The van der Waals surface area contributed by atoms with Crippen molar-refractivity contribution in [1.82, 2.24) is 24.5 Å². The van der Waals surface area contributed by atoms with Crippen molar-refractivity contribution in [1.29, 1.82) is 0 Å². The number of pyridine rings is 3. The molecule has 0 amide bonds. The van der Waals surface area contributed by atoms with Crippen molar-refractivity contribution in [2.45, 2.75) is 39.5 Å². The van der Waals surface area contributed by atoms with E-state index in [-0.39, 0.29) is 0 Å². The smallest absolute Gasteiger partial charge is 0.145 e. The average Bonchev–Trinajstić information content (AvgIpc) is 3.68. The number of hydrogen-bond donors (Lipinski definition) is 0. The molecular formula is C60H49N5. The third-order valence-corrected chi connectivity index (χ3v) is 12.4. The van der Waals surface area contributed by atoms with Gasteiger partial charge in [-0.05, 0) is 139 Å². The van der Waals surface area contributed by atoms with Crippen molar-refractivity contribution in [3.05, 3.63) is 246 Å². The predicted molar refractivity (Wildman–Crippen MR) is 267 cm³/mol. The minimum Gasteiger partial charge on any atom is -0.296 e. The Bertz CT molecular complexity index is 3060. The highest BCUT2D eigenvalue weighted by Crippen LogP contribution is 2.37. The summed E-state index contributed by atoms with van der Waals surface area (Å²) in [6.45, 7) is 4.31. The van der Waals surface area contributed by atoms with Crippen molar-refractivity contribution in [3.63, 3.8) is 0 Å². The van der Waals surface area contributed by atoms with Crippen molar-refractivity contribution in [3.8, 4) is 73.1 Å². The van der Waals surface area contributed by atoms with Crippen LogP contribution in [0.3, 0.4) is 0 Å². The molecule has 0 unspecified atom stereocenters. The van der Waals surface area contributed by atoms with Crippen LogP contribution >= 0.6 is 0 Å². The van der Waals surface area contributed by atoms with Gasteiger partial charge < -0.3 is 0 Å². The maximum Gasteiger partial charge on any atom is 0.145 e. The first-order valence-corrected chi connectivity index (χ1v) is 22.4. The molecule has 10 aromatic rings. The fourth-order valence-electron chi connectivity index (χ4n) is 8.74. The van der Waals surface area contributed by atoms with E-state index in [1.165, 1.54) is 33.4 Å². The normalized spacial score (nSPS) is 11.2. The fraction of sp³-hybridized carbons (Fsp3) is 0.100. The van der Waals surface area contributed by atoms with Crippen LogP contribution in [0.1, 0.15) is 33.6 Å². The lowest BCUT2D eigenvalue weighted by molar-refractivity contribution is 0.928. The van der Waals surface area contributed by atoms with E-state index < -0.39 is 0 Å². The molecule has 5 heteroatoms. The van der Waals surface area contributed by atoms with Crippen molar-refractivity contribution in [2.75, 3.05) is 0 Å². The van der Waals surface area contributed by atoms with Gasteiger partial charge in [0.2, 0.25) is 0 Å². The van der Waals surface area contributed by atoms with Gasteiger partial charge in [-0.2, -0.15) is 0 Å². The van der Waals surface area contributed by atoms with Gasteiger partial charge in [0.1, 0.15) is 5.82 Å². The van der Waals surface area contributed by atoms with E-state index in [1.54, 1.807) is 0 Å².